The predicted octanol–water partition coefficient (Wildman–Crippen LogP) is 4.15. The van der Waals surface area contributed by atoms with Crippen LogP contribution in [-0.4, -0.2) is 33.5 Å². The number of primary amides is 1. The fraction of sp³-hybridized carbons (Fsp3) is 0.148. The van der Waals surface area contributed by atoms with E-state index in [1.54, 1.807) is 4.90 Å². The molecule has 0 unspecified atom stereocenters. The summed E-state index contributed by atoms with van der Waals surface area (Å²) in [6.07, 6.45) is 0. The number of carbonyl (C=O) groups excluding carboxylic acids is 2. The van der Waals surface area contributed by atoms with Gasteiger partial charge in [-0.1, -0.05) is 43.0 Å². The van der Waals surface area contributed by atoms with E-state index in [0.29, 0.717) is 18.7 Å². The smallest absolute Gasteiger partial charge is 0.254 e. The van der Waals surface area contributed by atoms with Gasteiger partial charge in [-0.2, -0.15) is 5.10 Å². The number of amides is 2. The van der Waals surface area contributed by atoms with Gasteiger partial charge in [0.25, 0.3) is 5.91 Å². The standard InChI is InChI=1S/C27H25N5O2/c1-16(26(28)33)14-32-15-24-22(19-8-9-25-21(10-19)17(2)30-31-25)11-20(12-23(24)27(32)34)29-13-18-6-4-3-5-7-18/h3-12,29H,1,13-15H2,2H3,(H2,28,33)(H,30,31). The second-order valence-corrected chi connectivity index (χ2v) is 8.60. The van der Waals surface area contributed by atoms with Crippen LogP contribution in [0.15, 0.2) is 72.8 Å². The number of nitrogens with two attached hydrogens (primary N) is 1. The van der Waals surface area contributed by atoms with Crippen molar-refractivity contribution in [3.8, 4) is 11.1 Å². The molecule has 1 aliphatic rings. The Kier molecular flexibility index (Phi) is 5.37. The fourth-order valence-electron chi connectivity index (χ4n) is 4.37. The van der Waals surface area contributed by atoms with Crippen LogP contribution in [-0.2, 0) is 17.9 Å². The summed E-state index contributed by atoms with van der Waals surface area (Å²) >= 11 is 0. The van der Waals surface area contributed by atoms with E-state index in [0.717, 1.165) is 44.5 Å². The molecule has 1 aromatic heterocycles. The highest BCUT2D eigenvalue weighted by atomic mass is 16.2. The van der Waals surface area contributed by atoms with Crippen molar-refractivity contribution in [1.82, 2.24) is 15.1 Å². The van der Waals surface area contributed by atoms with Gasteiger partial charge in [0, 0.05) is 41.0 Å². The molecule has 2 heterocycles. The third-order valence-corrected chi connectivity index (χ3v) is 6.24. The molecule has 0 radical (unpaired) electrons. The van der Waals surface area contributed by atoms with Gasteiger partial charge in [-0.3, -0.25) is 14.7 Å². The monoisotopic (exact) mass is 451 g/mol. The number of hydrogen-bond acceptors (Lipinski definition) is 4. The first-order chi connectivity index (χ1) is 16.4. The van der Waals surface area contributed by atoms with Crippen LogP contribution in [0.2, 0.25) is 0 Å². The summed E-state index contributed by atoms with van der Waals surface area (Å²) in [6, 6.07) is 20.2. The van der Waals surface area contributed by atoms with E-state index in [2.05, 4.69) is 46.4 Å². The second-order valence-electron chi connectivity index (χ2n) is 8.60. The van der Waals surface area contributed by atoms with Gasteiger partial charge in [0.2, 0.25) is 5.91 Å². The van der Waals surface area contributed by atoms with Crippen LogP contribution in [0.5, 0.6) is 0 Å². The van der Waals surface area contributed by atoms with Gasteiger partial charge in [0.05, 0.1) is 12.1 Å². The molecule has 7 heteroatoms. The molecule has 3 aromatic carbocycles. The predicted molar refractivity (Wildman–Crippen MR) is 133 cm³/mol. The van der Waals surface area contributed by atoms with Gasteiger partial charge >= 0.3 is 0 Å². The maximum Gasteiger partial charge on any atom is 0.254 e. The molecule has 0 saturated carbocycles. The second kappa shape index (κ2) is 8.51. The van der Waals surface area contributed by atoms with Crippen molar-refractivity contribution in [1.29, 1.82) is 0 Å². The lowest BCUT2D eigenvalue weighted by molar-refractivity contribution is -0.114. The molecule has 4 N–H and O–H groups in total. The highest BCUT2D eigenvalue weighted by Crippen LogP contribution is 2.37. The first kappa shape index (κ1) is 21.5. The lowest BCUT2D eigenvalue weighted by Crippen LogP contribution is -2.30. The van der Waals surface area contributed by atoms with Crippen molar-refractivity contribution in [3.63, 3.8) is 0 Å². The zero-order valence-electron chi connectivity index (χ0n) is 18.9. The van der Waals surface area contributed by atoms with Crippen LogP contribution in [0.25, 0.3) is 22.0 Å². The van der Waals surface area contributed by atoms with Crippen LogP contribution in [0, 0.1) is 6.92 Å². The molecule has 0 spiro atoms. The molecule has 1 aliphatic heterocycles. The van der Waals surface area contributed by atoms with E-state index in [1.165, 1.54) is 0 Å². The minimum absolute atomic E-state index is 0.106. The van der Waals surface area contributed by atoms with Crippen LogP contribution < -0.4 is 11.1 Å². The molecule has 2 amide bonds. The molecular weight excluding hydrogens is 426 g/mol. The van der Waals surface area contributed by atoms with Crippen molar-refractivity contribution in [2.24, 2.45) is 5.73 Å². The van der Waals surface area contributed by atoms with Gasteiger partial charge in [-0.15, -0.1) is 0 Å². The fourth-order valence-corrected chi connectivity index (χ4v) is 4.37. The van der Waals surface area contributed by atoms with Crippen molar-refractivity contribution in [2.45, 2.75) is 20.0 Å². The first-order valence-electron chi connectivity index (χ1n) is 11.1. The number of nitrogens with zero attached hydrogens (tertiary/aromatic N) is 2. The molecule has 0 aliphatic carbocycles. The topological polar surface area (TPSA) is 104 Å². The Morgan fingerprint density at radius 1 is 1.15 bits per heavy atom. The van der Waals surface area contributed by atoms with E-state index in [1.807, 2.05) is 43.3 Å². The highest BCUT2D eigenvalue weighted by Gasteiger charge is 2.31. The Morgan fingerprint density at radius 3 is 2.68 bits per heavy atom. The van der Waals surface area contributed by atoms with Gasteiger partial charge < -0.3 is 16.0 Å². The third-order valence-electron chi connectivity index (χ3n) is 6.24. The summed E-state index contributed by atoms with van der Waals surface area (Å²) in [5.41, 5.74) is 13.0. The maximum absolute atomic E-state index is 13.3. The van der Waals surface area contributed by atoms with Crippen molar-refractivity contribution >= 4 is 28.4 Å². The van der Waals surface area contributed by atoms with E-state index in [-0.39, 0.29) is 18.0 Å². The van der Waals surface area contributed by atoms with E-state index in [9.17, 15) is 9.59 Å². The minimum atomic E-state index is -0.602. The number of benzene rings is 3. The highest BCUT2D eigenvalue weighted by molar-refractivity contribution is 6.03. The summed E-state index contributed by atoms with van der Waals surface area (Å²) < 4.78 is 0. The van der Waals surface area contributed by atoms with E-state index in [4.69, 9.17) is 5.73 Å². The summed E-state index contributed by atoms with van der Waals surface area (Å²) in [6.45, 7) is 6.84. The summed E-state index contributed by atoms with van der Waals surface area (Å²) in [4.78, 5) is 26.4. The normalized spacial score (nSPS) is 12.7. The Bertz CT molecular complexity index is 1440. The number of fused-ring (bicyclic) bond motifs is 2. The molecule has 7 nitrogen and oxygen atoms in total. The Labute approximate surface area is 197 Å². The molecule has 4 aromatic rings. The first-order valence-corrected chi connectivity index (χ1v) is 11.1. The van der Waals surface area contributed by atoms with Crippen molar-refractivity contribution < 1.29 is 9.59 Å². The van der Waals surface area contributed by atoms with Crippen molar-refractivity contribution in [3.05, 3.63) is 95.2 Å². The maximum atomic E-state index is 13.3. The van der Waals surface area contributed by atoms with Crippen LogP contribution >= 0.6 is 0 Å². The van der Waals surface area contributed by atoms with Crippen LogP contribution in [0.3, 0.4) is 0 Å². The van der Waals surface area contributed by atoms with Crippen molar-refractivity contribution in [2.75, 3.05) is 11.9 Å². The zero-order chi connectivity index (χ0) is 23.8. The number of hydrogen-bond donors (Lipinski definition) is 3. The van der Waals surface area contributed by atoms with Gasteiger partial charge in [0.15, 0.2) is 0 Å². The number of aromatic nitrogens is 2. The average Bonchev–Trinajstić information content (AvgIpc) is 3.37. The number of H-pyrrole nitrogens is 1. The van der Waals surface area contributed by atoms with E-state index >= 15 is 0 Å². The molecule has 0 atom stereocenters. The minimum Gasteiger partial charge on any atom is -0.381 e. The Balaban J connectivity index is 1.56. The third kappa shape index (κ3) is 3.92. The number of carbonyl (C=O) groups is 2. The van der Waals surface area contributed by atoms with Crippen LogP contribution in [0.1, 0.15) is 27.2 Å². The average molecular weight is 452 g/mol. The number of aryl methyl sites for hydroxylation is 1. The lowest BCUT2D eigenvalue weighted by Gasteiger charge is -2.16. The molecule has 0 fully saturated rings. The summed E-state index contributed by atoms with van der Waals surface area (Å²) in [5.74, 6) is -0.738. The zero-order valence-corrected chi connectivity index (χ0v) is 18.9. The molecular formula is C27H25N5O2. The van der Waals surface area contributed by atoms with E-state index < -0.39 is 5.91 Å². The molecule has 0 bridgehead atoms. The summed E-state index contributed by atoms with van der Waals surface area (Å²) in [7, 11) is 0. The number of anilines is 1. The Morgan fingerprint density at radius 2 is 1.91 bits per heavy atom. The molecule has 5 rings (SSSR count). The SMILES string of the molecule is C=C(CN1Cc2c(cc(NCc3ccccc3)cc2-c2ccc3n[nH]c(C)c3c2)C1=O)C(N)=O. The Hall–Kier alpha value is -4.39. The molecule has 0 saturated heterocycles. The van der Waals surface area contributed by atoms with Gasteiger partial charge in [-0.05, 0) is 53.4 Å². The number of aromatic amines is 1. The number of rotatable bonds is 7. The van der Waals surface area contributed by atoms with Crippen LogP contribution in [0.4, 0.5) is 5.69 Å². The molecule has 170 valence electrons. The summed E-state index contributed by atoms with van der Waals surface area (Å²) in [5, 5.41) is 11.8. The lowest BCUT2D eigenvalue weighted by atomic mass is 9.95. The molecule has 34 heavy (non-hydrogen) atoms. The number of nitrogens with one attached hydrogen (secondary N) is 2. The van der Waals surface area contributed by atoms with Gasteiger partial charge in [-0.25, -0.2) is 0 Å². The van der Waals surface area contributed by atoms with Gasteiger partial charge in [0.1, 0.15) is 0 Å². The quantitative estimate of drug-likeness (QED) is 0.367. The largest absolute Gasteiger partial charge is 0.381 e.